The maximum Gasteiger partial charge on any atom is 0.407 e. The van der Waals surface area contributed by atoms with Crippen LogP contribution in [0.4, 0.5) is 4.79 Å². The van der Waals surface area contributed by atoms with Gasteiger partial charge in [-0.15, -0.1) is 0 Å². The van der Waals surface area contributed by atoms with E-state index in [-0.39, 0.29) is 37.2 Å². The quantitative estimate of drug-likeness (QED) is 0.257. The van der Waals surface area contributed by atoms with Crippen molar-refractivity contribution in [3.05, 3.63) is 114 Å². The Labute approximate surface area is 269 Å². The van der Waals surface area contributed by atoms with Crippen molar-refractivity contribution in [2.45, 2.75) is 43.0 Å². The lowest BCUT2D eigenvalue weighted by Crippen LogP contribution is -2.61. The third-order valence-electron chi connectivity index (χ3n) is 9.30. The number of carbonyl (C=O) groups is 2. The van der Waals surface area contributed by atoms with Gasteiger partial charge < -0.3 is 34.6 Å². The molecule has 3 unspecified atom stereocenters. The summed E-state index contributed by atoms with van der Waals surface area (Å²) in [7, 11) is 1.53. The van der Waals surface area contributed by atoms with Gasteiger partial charge in [0.05, 0.1) is 30.7 Å². The zero-order chi connectivity index (χ0) is 32.1. The van der Waals surface area contributed by atoms with Crippen LogP contribution in [0.1, 0.15) is 34.1 Å². The van der Waals surface area contributed by atoms with E-state index in [1.54, 1.807) is 6.33 Å². The van der Waals surface area contributed by atoms with Gasteiger partial charge >= 0.3 is 6.09 Å². The van der Waals surface area contributed by atoms with Gasteiger partial charge in [0, 0.05) is 44.9 Å². The van der Waals surface area contributed by atoms with Gasteiger partial charge in [0.1, 0.15) is 5.60 Å². The number of aliphatic hydroxyl groups is 1. The highest BCUT2D eigenvalue weighted by atomic mass is 16.5. The fourth-order valence-corrected chi connectivity index (χ4v) is 7.17. The molecule has 6 rings (SSSR count). The Morgan fingerprint density at radius 2 is 1.54 bits per heavy atom. The molecule has 240 valence electrons. The molecule has 3 aromatic carbocycles. The summed E-state index contributed by atoms with van der Waals surface area (Å²) in [5.74, 6) is -0.194. The first-order valence-electron chi connectivity index (χ1n) is 15.8. The second-order valence-electron chi connectivity index (χ2n) is 12.2. The molecule has 46 heavy (non-hydrogen) atoms. The average molecular weight is 624 g/mol. The fourth-order valence-electron chi connectivity index (χ4n) is 7.17. The smallest absolute Gasteiger partial charge is 0.407 e. The molecule has 3 N–H and O–H groups in total. The molecule has 0 saturated carbocycles. The molecule has 3 heterocycles. The monoisotopic (exact) mass is 623 g/mol. The number of hydrogen-bond donors (Lipinski definition) is 3. The standard InChI is InChI=1S/C36H41N5O5/c1-46-24-36(45)17-19-40(35(43)44)30(22-27-13-7-3-8-14-27)33(36)41-25-38-31(32(41)28-15-9-4-10-16-28)34(42)39-20-18-37-23-29(39)21-26-11-5-2-6-12-26/h2-16,25,29-30,33,37,45H,17-24H2,1H3,(H,43,44)/t29-,30?,33?,36?/m1/s1. The van der Waals surface area contributed by atoms with Gasteiger partial charge in [-0.3, -0.25) is 4.79 Å². The van der Waals surface area contributed by atoms with Crippen molar-refractivity contribution in [1.82, 2.24) is 24.7 Å². The van der Waals surface area contributed by atoms with Crippen LogP contribution in [0.2, 0.25) is 0 Å². The number of piperazine rings is 1. The van der Waals surface area contributed by atoms with Crippen LogP contribution in [0.5, 0.6) is 0 Å². The number of imidazole rings is 1. The number of benzene rings is 3. The van der Waals surface area contributed by atoms with Crippen LogP contribution < -0.4 is 5.32 Å². The van der Waals surface area contributed by atoms with Crippen LogP contribution in [0.15, 0.2) is 97.3 Å². The number of piperidine rings is 1. The minimum Gasteiger partial charge on any atom is -0.465 e. The summed E-state index contributed by atoms with van der Waals surface area (Å²) in [6, 6.07) is 27.8. The molecule has 10 nitrogen and oxygen atoms in total. The third kappa shape index (κ3) is 6.42. The van der Waals surface area contributed by atoms with Crippen molar-refractivity contribution in [1.29, 1.82) is 0 Å². The van der Waals surface area contributed by atoms with Crippen molar-refractivity contribution in [2.24, 2.45) is 0 Å². The largest absolute Gasteiger partial charge is 0.465 e. The van der Waals surface area contributed by atoms with Gasteiger partial charge in [-0.05, 0) is 30.4 Å². The Morgan fingerprint density at radius 1 is 0.913 bits per heavy atom. The van der Waals surface area contributed by atoms with Gasteiger partial charge in [-0.1, -0.05) is 91.0 Å². The van der Waals surface area contributed by atoms with E-state index in [0.717, 1.165) is 16.7 Å². The number of carbonyl (C=O) groups excluding carboxylic acids is 1. The van der Waals surface area contributed by atoms with E-state index in [1.807, 2.05) is 88.3 Å². The fraction of sp³-hybridized carbons (Fsp3) is 0.361. The molecule has 2 amide bonds. The minimum atomic E-state index is -1.43. The summed E-state index contributed by atoms with van der Waals surface area (Å²) >= 11 is 0. The molecule has 1 aromatic heterocycles. The van der Waals surface area contributed by atoms with Crippen LogP contribution in [-0.4, -0.2) is 99.1 Å². The van der Waals surface area contributed by atoms with Gasteiger partial charge in [0.25, 0.3) is 5.91 Å². The number of likely N-dealkylation sites (tertiary alicyclic amines) is 1. The van der Waals surface area contributed by atoms with Gasteiger partial charge in [0.2, 0.25) is 0 Å². The molecule has 2 aliphatic heterocycles. The first kappa shape index (κ1) is 31.5. The van der Waals surface area contributed by atoms with Crippen LogP contribution in [-0.2, 0) is 17.6 Å². The molecular formula is C36H41N5O5. The molecule has 2 aliphatic rings. The summed E-state index contributed by atoms with van der Waals surface area (Å²) in [4.78, 5) is 35.3. The minimum absolute atomic E-state index is 0.0109. The molecule has 2 saturated heterocycles. The van der Waals surface area contributed by atoms with Gasteiger partial charge in [0.15, 0.2) is 5.69 Å². The van der Waals surface area contributed by atoms with E-state index >= 15 is 0 Å². The molecule has 4 atom stereocenters. The first-order valence-corrected chi connectivity index (χ1v) is 15.8. The molecule has 0 aliphatic carbocycles. The highest BCUT2D eigenvalue weighted by Gasteiger charge is 2.51. The lowest BCUT2D eigenvalue weighted by Gasteiger charge is -2.49. The topological polar surface area (TPSA) is 120 Å². The zero-order valence-electron chi connectivity index (χ0n) is 26.0. The van der Waals surface area contributed by atoms with E-state index in [0.29, 0.717) is 38.2 Å². The number of nitrogens with zero attached hydrogens (tertiary/aromatic N) is 4. The first-order chi connectivity index (χ1) is 22.4. The van der Waals surface area contributed by atoms with Crippen LogP contribution >= 0.6 is 0 Å². The van der Waals surface area contributed by atoms with Crippen molar-refractivity contribution in [3.8, 4) is 11.3 Å². The zero-order valence-corrected chi connectivity index (χ0v) is 26.0. The number of aromatic nitrogens is 2. The van der Waals surface area contributed by atoms with E-state index < -0.39 is 23.8 Å². The number of amides is 2. The van der Waals surface area contributed by atoms with Gasteiger partial charge in [-0.2, -0.15) is 0 Å². The number of rotatable bonds is 9. The molecule has 10 heteroatoms. The maximum atomic E-state index is 14.6. The van der Waals surface area contributed by atoms with Crippen LogP contribution in [0.25, 0.3) is 11.3 Å². The highest BCUT2D eigenvalue weighted by Crippen LogP contribution is 2.42. The SMILES string of the molecule is COCC1(O)CCN(C(=O)O)C(Cc2ccccc2)C1n1cnc(C(=O)N2CCNC[C@H]2Cc2ccccc2)c1-c1ccccc1. The number of hydrogen-bond acceptors (Lipinski definition) is 6. The number of carboxylic acid groups (broad SMARTS) is 1. The summed E-state index contributed by atoms with van der Waals surface area (Å²) in [5.41, 5.74) is 2.23. The summed E-state index contributed by atoms with van der Waals surface area (Å²) < 4.78 is 7.40. The van der Waals surface area contributed by atoms with Crippen molar-refractivity contribution >= 4 is 12.0 Å². The van der Waals surface area contributed by atoms with Crippen molar-refractivity contribution < 1.29 is 24.5 Å². The lowest BCUT2D eigenvalue weighted by atomic mass is 9.79. The maximum absolute atomic E-state index is 14.6. The highest BCUT2D eigenvalue weighted by molar-refractivity contribution is 5.98. The summed E-state index contributed by atoms with van der Waals surface area (Å²) in [5, 5.41) is 26.1. The number of methoxy groups -OCH3 is 1. The Morgan fingerprint density at radius 3 is 2.17 bits per heavy atom. The lowest BCUT2D eigenvalue weighted by molar-refractivity contribution is -0.120. The average Bonchev–Trinajstić information content (AvgIpc) is 3.50. The van der Waals surface area contributed by atoms with Crippen molar-refractivity contribution in [2.75, 3.05) is 39.9 Å². The van der Waals surface area contributed by atoms with E-state index in [9.17, 15) is 19.8 Å². The normalized spacial score (nSPS) is 23.3. The molecule has 0 radical (unpaired) electrons. The summed E-state index contributed by atoms with van der Waals surface area (Å²) in [6.07, 6.45) is 1.75. The Bertz CT molecular complexity index is 1620. The second-order valence-corrected chi connectivity index (χ2v) is 12.2. The van der Waals surface area contributed by atoms with E-state index in [4.69, 9.17) is 9.72 Å². The predicted molar refractivity (Wildman–Crippen MR) is 175 cm³/mol. The summed E-state index contributed by atoms with van der Waals surface area (Å²) in [6.45, 7) is 1.99. The van der Waals surface area contributed by atoms with Gasteiger partial charge in [-0.25, -0.2) is 9.78 Å². The molecule has 0 spiro atoms. The molecule has 4 aromatic rings. The van der Waals surface area contributed by atoms with Crippen LogP contribution in [0, 0.1) is 0 Å². The molecule has 2 fully saturated rings. The van der Waals surface area contributed by atoms with Crippen LogP contribution in [0.3, 0.4) is 0 Å². The predicted octanol–water partition coefficient (Wildman–Crippen LogP) is 4.12. The van der Waals surface area contributed by atoms with E-state index in [2.05, 4.69) is 17.4 Å². The van der Waals surface area contributed by atoms with Crippen molar-refractivity contribution in [3.63, 3.8) is 0 Å². The van der Waals surface area contributed by atoms with E-state index in [1.165, 1.54) is 12.0 Å². The molecule has 0 bridgehead atoms. The number of ether oxygens (including phenoxy) is 1. The Hall–Kier alpha value is -4.51. The Balaban J connectivity index is 1.47. The molecular weight excluding hydrogens is 582 g/mol. The Kier molecular flexibility index (Phi) is 9.48. The second kappa shape index (κ2) is 13.9. The third-order valence-corrected chi connectivity index (χ3v) is 9.30. The number of nitrogens with one attached hydrogen (secondary N) is 1.